The van der Waals surface area contributed by atoms with Crippen molar-refractivity contribution in [3.8, 4) is 22.6 Å². The number of unbranched alkanes of at least 4 members (excludes halogenated alkanes) is 20. The minimum absolute atomic E-state index is 0.0742. The third kappa shape index (κ3) is 18.3. The van der Waals surface area contributed by atoms with Crippen molar-refractivity contribution in [3.05, 3.63) is 83.9 Å². The van der Waals surface area contributed by atoms with Crippen LogP contribution >= 0.6 is 0 Å². The van der Waals surface area contributed by atoms with E-state index >= 15 is 0 Å². The molecule has 0 aliphatic heterocycles. The standard InChI is InChI=1S/C47H70O4/c1-4-6-8-10-12-13-14-15-16-17-18-19-20-21-23-26-38-49-40(3)41-30-32-42(33-31-41)43-34-36-44(37-35-43)47(48)51-46-29-25-24-28-45(46)50-39-27-22-11-9-7-5-2/h24-25,28-37,40H,4-23,26-27,38-39H2,1-3H3. The van der Waals surface area contributed by atoms with Gasteiger partial charge in [0.1, 0.15) is 0 Å². The highest BCUT2D eigenvalue weighted by Crippen LogP contribution is 2.29. The van der Waals surface area contributed by atoms with Crippen LogP contribution in [0.5, 0.6) is 11.5 Å². The van der Waals surface area contributed by atoms with Gasteiger partial charge in [0.2, 0.25) is 0 Å². The summed E-state index contributed by atoms with van der Waals surface area (Å²) in [7, 11) is 0. The van der Waals surface area contributed by atoms with E-state index in [1.54, 1.807) is 6.07 Å². The highest BCUT2D eigenvalue weighted by Gasteiger charge is 2.13. The topological polar surface area (TPSA) is 44.8 Å². The fraction of sp³-hybridized carbons (Fsp3) is 0.596. The maximum atomic E-state index is 13.0. The fourth-order valence-corrected chi connectivity index (χ4v) is 6.63. The van der Waals surface area contributed by atoms with Crippen LogP contribution in [-0.2, 0) is 4.74 Å². The molecular weight excluding hydrogens is 629 g/mol. The van der Waals surface area contributed by atoms with Crippen molar-refractivity contribution < 1.29 is 19.0 Å². The third-order valence-electron chi connectivity index (χ3n) is 10.0. The second kappa shape index (κ2) is 27.5. The monoisotopic (exact) mass is 699 g/mol. The van der Waals surface area contributed by atoms with Gasteiger partial charge in [-0.15, -0.1) is 0 Å². The first-order valence-electron chi connectivity index (χ1n) is 20.9. The van der Waals surface area contributed by atoms with E-state index in [-0.39, 0.29) is 12.1 Å². The summed E-state index contributed by atoms with van der Waals surface area (Å²) in [5.41, 5.74) is 3.87. The SMILES string of the molecule is CCCCCCCCCCCCCCCCCCOC(C)c1ccc(-c2ccc(C(=O)Oc3ccccc3OCCCCCCCC)cc2)cc1. The molecule has 3 aromatic rings. The molecular formula is C47H70O4. The van der Waals surface area contributed by atoms with Gasteiger partial charge in [-0.2, -0.15) is 0 Å². The zero-order valence-corrected chi connectivity index (χ0v) is 32.6. The Kier molecular flexibility index (Phi) is 22.8. The van der Waals surface area contributed by atoms with Gasteiger partial charge in [-0.25, -0.2) is 4.79 Å². The zero-order valence-electron chi connectivity index (χ0n) is 32.6. The van der Waals surface area contributed by atoms with Crippen LogP contribution < -0.4 is 9.47 Å². The number of benzene rings is 3. The van der Waals surface area contributed by atoms with Gasteiger partial charge in [0.05, 0.1) is 18.3 Å². The minimum atomic E-state index is -0.386. The second-order valence-corrected chi connectivity index (χ2v) is 14.5. The quantitative estimate of drug-likeness (QED) is 0.0395. The highest BCUT2D eigenvalue weighted by molar-refractivity contribution is 5.92. The maximum absolute atomic E-state index is 13.0. The Morgan fingerprint density at radius 2 is 0.902 bits per heavy atom. The minimum Gasteiger partial charge on any atom is -0.490 e. The summed E-state index contributed by atoms with van der Waals surface area (Å²) >= 11 is 0. The molecule has 0 N–H and O–H groups in total. The summed E-state index contributed by atoms with van der Waals surface area (Å²) in [4.78, 5) is 13.0. The normalized spacial score (nSPS) is 11.8. The molecule has 0 fully saturated rings. The summed E-state index contributed by atoms with van der Waals surface area (Å²) < 4.78 is 17.9. The van der Waals surface area contributed by atoms with Crippen LogP contribution in [-0.4, -0.2) is 19.2 Å². The van der Waals surface area contributed by atoms with E-state index in [9.17, 15) is 4.79 Å². The first kappa shape index (κ1) is 42.3. The molecule has 0 aliphatic rings. The van der Waals surface area contributed by atoms with E-state index in [1.165, 1.54) is 128 Å². The van der Waals surface area contributed by atoms with Crippen LogP contribution in [0.4, 0.5) is 0 Å². The summed E-state index contributed by atoms with van der Waals surface area (Å²) in [6.07, 6.45) is 29.4. The van der Waals surface area contributed by atoms with Crippen LogP contribution in [0.15, 0.2) is 72.8 Å². The molecule has 0 aliphatic carbocycles. The van der Waals surface area contributed by atoms with E-state index in [0.717, 1.165) is 37.0 Å². The number of hydrogen-bond donors (Lipinski definition) is 0. The molecule has 0 aromatic heterocycles. The molecule has 282 valence electrons. The average molecular weight is 699 g/mol. The van der Waals surface area contributed by atoms with Crippen molar-refractivity contribution in [2.45, 2.75) is 168 Å². The summed E-state index contributed by atoms with van der Waals surface area (Å²) in [6, 6.07) is 23.6. The molecule has 0 amide bonds. The molecule has 0 heterocycles. The van der Waals surface area contributed by atoms with Gasteiger partial charge in [0.25, 0.3) is 0 Å². The van der Waals surface area contributed by atoms with Gasteiger partial charge >= 0.3 is 5.97 Å². The van der Waals surface area contributed by atoms with Crippen molar-refractivity contribution >= 4 is 5.97 Å². The average Bonchev–Trinajstić information content (AvgIpc) is 3.16. The summed E-state index contributed by atoms with van der Waals surface area (Å²) in [5.74, 6) is 0.682. The van der Waals surface area contributed by atoms with Gasteiger partial charge in [-0.1, -0.05) is 191 Å². The molecule has 0 saturated carbocycles. The lowest BCUT2D eigenvalue weighted by Gasteiger charge is -2.14. The van der Waals surface area contributed by atoms with E-state index in [2.05, 4.69) is 45.0 Å². The van der Waals surface area contributed by atoms with Crippen molar-refractivity contribution in [2.75, 3.05) is 13.2 Å². The van der Waals surface area contributed by atoms with Crippen LogP contribution in [0.25, 0.3) is 11.1 Å². The Morgan fingerprint density at radius 3 is 1.39 bits per heavy atom. The Hall–Kier alpha value is -3.11. The Balaban J connectivity index is 1.27. The lowest BCUT2D eigenvalue weighted by molar-refractivity contribution is 0.0627. The summed E-state index contributed by atoms with van der Waals surface area (Å²) in [6.45, 7) is 8.10. The first-order valence-corrected chi connectivity index (χ1v) is 20.9. The van der Waals surface area contributed by atoms with Gasteiger partial charge in [-0.05, 0) is 60.7 Å². The smallest absolute Gasteiger partial charge is 0.343 e. The fourth-order valence-electron chi connectivity index (χ4n) is 6.63. The second-order valence-electron chi connectivity index (χ2n) is 14.5. The molecule has 4 heteroatoms. The number of para-hydroxylation sites is 2. The summed E-state index contributed by atoms with van der Waals surface area (Å²) in [5, 5.41) is 0. The third-order valence-corrected chi connectivity index (χ3v) is 10.0. The van der Waals surface area contributed by atoms with Crippen molar-refractivity contribution in [1.82, 2.24) is 0 Å². The molecule has 4 nitrogen and oxygen atoms in total. The van der Waals surface area contributed by atoms with Gasteiger partial charge in [-0.3, -0.25) is 0 Å². The largest absolute Gasteiger partial charge is 0.490 e. The van der Waals surface area contributed by atoms with Crippen LogP contribution in [0.1, 0.15) is 184 Å². The predicted octanol–water partition coefficient (Wildman–Crippen LogP) is 14.7. The van der Waals surface area contributed by atoms with E-state index in [0.29, 0.717) is 23.7 Å². The lowest BCUT2D eigenvalue weighted by atomic mass is 10.0. The Bertz CT molecular complexity index is 1280. The van der Waals surface area contributed by atoms with Crippen molar-refractivity contribution in [3.63, 3.8) is 0 Å². The molecule has 1 unspecified atom stereocenters. The van der Waals surface area contributed by atoms with Crippen LogP contribution in [0.2, 0.25) is 0 Å². The van der Waals surface area contributed by atoms with E-state index in [1.807, 2.05) is 42.5 Å². The Labute approximate surface area is 312 Å². The molecule has 0 bridgehead atoms. The predicted molar refractivity (Wildman–Crippen MR) is 216 cm³/mol. The van der Waals surface area contributed by atoms with E-state index in [4.69, 9.17) is 14.2 Å². The highest BCUT2D eigenvalue weighted by atomic mass is 16.6. The first-order chi connectivity index (χ1) is 25.1. The van der Waals surface area contributed by atoms with Gasteiger partial charge < -0.3 is 14.2 Å². The van der Waals surface area contributed by atoms with E-state index < -0.39 is 0 Å². The molecule has 0 radical (unpaired) electrons. The molecule has 1 atom stereocenters. The molecule has 0 spiro atoms. The zero-order chi connectivity index (χ0) is 36.2. The van der Waals surface area contributed by atoms with Crippen LogP contribution in [0, 0.1) is 0 Å². The molecule has 0 saturated heterocycles. The van der Waals surface area contributed by atoms with Gasteiger partial charge in [0, 0.05) is 6.61 Å². The number of hydrogen-bond acceptors (Lipinski definition) is 4. The Morgan fingerprint density at radius 1 is 0.490 bits per heavy atom. The van der Waals surface area contributed by atoms with Crippen molar-refractivity contribution in [1.29, 1.82) is 0 Å². The molecule has 3 aromatic carbocycles. The number of ether oxygens (including phenoxy) is 3. The van der Waals surface area contributed by atoms with Gasteiger partial charge in [0.15, 0.2) is 11.5 Å². The number of rotatable bonds is 30. The molecule has 51 heavy (non-hydrogen) atoms. The number of carbonyl (C=O) groups is 1. The lowest BCUT2D eigenvalue weighted by Crippen LogP contribution is -2.10. The number of carbonyl (C=O) groups excluding carboxylic acids is 1. The number of esters is 1. The van der Waals surface area contributed by atoms with Crippen LogP contribution in [0.3, 0.4) is 0 Å². The van der Waals surface area contributed by atoms with Crippen molar-refractivity contribution in [2.24, 2.45) is 0 Å². The maximum Gasteiger partial charge on any atom is 0.343 e. The molecule has 3 rings (SSSR count).